The van der Waals surface area contributed by atoms with Crippen LogP contribution in [0.5, 0.6) is 0 Å². The predicted molar refractivity (Wildman–Crippen MR) is 69.4 cm³/mol. The van der Waals surface area contributed by atoms with E-state index in [0.717, 1.165) is 5.39 Å². The number of hydrogen-bond donors (Lipinski definition) is 3. The number of aromatic nitrogens is 4. The van der Waals surface area contributed by atoms with Crippen molar-refractivity contribution in [3.8, 4) is 0 Å². The monoisotopic (exact) mass is 270 g/mol. The first-order valence-electron chi connectivity index (χ1n) is 5.30. The van der Waals surface area contributed by atoms with Crippen LogP contribution in [-0.2, 0) is 9.84 Å². The number of nitrogens with one attached hydrogen (secondary N) is 3. The van der Waals surface area contributed by atoms with Crippen LogP contribution in [0.25, 0.3) is 11.0 Å². The van der Waals surface area contributed by atoms with Gasteiger partial charge in [0, 0.05) is 19.8 Å². The fraction of sp³-hybridized carbons (Fsp3) is 0.444. The summed E-state index contributed by atoms with van der Waals surface area (Å²) in [5.74, 6) is 1.04. The average molecular weight is 270 g/mol. The number of anilines is 2. The van der Waals surface area contributed by atoms with Crippen molar-refractivity contribution in [2.24, 2.45) is 0 Å². The zero-order valence-corrected chi connectivity index (χ0v) is 10.9. The van der Waals surface area contributed by atoms with Crippen LogP contribution in [-0.4, -0.2) is 54.2 Å². The van der Waals surface area contributed by atoms with Gasteiger partial charge < -0.3 is 10.6 Å². The molecule has 18 heavy (non-hydrogen) atoms. The van der Waals surface area contributed by atoms with Crippen LogP contribution in [0.4, 0.5) is 11.8 Å². The Bertz CT molecular complexity index is 650. The zero-order chi connectivity index (χ0) is 13.2. The van der Waals surface area contributed by atoms with E-state index in [9.17, 15) is 8.42 Å². The molecular formula is C9H14N6O2S. The first kappa shape index (κ1) is 12.6. The molecule has 0 saturated heterocycles. The largest absolute Gasteiger partial charge is 0.368 e. The van der Waals surface area contributed by atoms with Crippen molar-refractivity contribution in [3.05, 3.63) is 6.20 Å². The van der Waals surface area contributed by atoms with E-state index in [1.54, 1.807) is 13.2 Å². The second-order valence-corrected chi connectivity index (χ2v) is 6.09. The zero-order valence-electron chi connectivity index (χ0n) is 10.1. The van der Waals surface area contributed by atoms with Gasteiger partial charge in [0.15, 0.2) is 5.65 Å². The van der Waals surface area contributed by atoms with E-state index in [-0.39, 0.29) is 5.75 Å². The van der Waals surface area contributed by atoms with Crippen molar-refractivity contribution in [2.45, 2.75) is 0 Å². The van der Waals surface area contributed by atoms with Gasteiger partial charge in [0.25, 0.3) is 0 Å². The van der Waals surface area contributed by atoms with Crippen LogP contribution in [0.3, 0.4) is 0 Å². The third kappa shape index (κ3) is 2.86. The summed E-state index contributed by atoms with van der Waals surface area (Å²) in [6.45, 7) is 0.291. The minimum absolute atomic E-state index is 0.0469. The highest BCUT2D eigenvalue weighted by molar-refractivity contribution is 7.90. The van der Waals surface area contributed by atoms with Gasteiger partial charge in [0.2, 0.25) is 5.95 Å². The van der Waals surface area contributed by atoms with Gasteiger partial charge in [0.1, 0.15) is 15.7 Å². The van der Waals surface area contributed by atoms with Crippen LogP contribution < -0.4 is 10.6 Å². The Balaban J connectivity index is 2.23. The van der Waals surface area contributed by atoms with E-state index in [1.807, 2.05) is 0 Å². The van der Waals surface area contributed by atoms with Crippen molar-refractivity contribution in [1.82, 2.24) is 20.2 Å². The molecule has 9 heteroatoms. The van der Waals surface area contributed by atoms with Crippen LogP contribution in [0.2, 0.25) is 0 Å². The van der Waals surface area contributed by atoms with Gasteiger partial charge in [-0.1, -0.05) is 0 Å². The van der Waals surface area contributed by atoms with Crippen LogP contribution in [0.15, 0.2) is 6.20 Å². The summed E-state index contributed by atoms with van der Waals surface area (Å²) < 4.78 is 22.1. The van der Waals surface area contributed by atoms with Crippen LogP contribution >= 0.6 is 0 Å². The number of rotatable bonds is 5. The van der Waals surface area contributed by atoms with E-state index in [4.69, 9.17) is 0 Å². The van der Waals surface area contributed by atoms with Gasteiger partial charge in [0.05, 0.1) is 17.3 Å². The van der Waals surface area contributed by atoms with Gasteiger partial charge in [-0.3, -0.25) is 5.10 Å². The van der Waals surface area contributed by atoms with E-state index in [2.05, 4.69) is 30.8 Å². The highest BCUT2D eigenvalue weighted by Gasteiger charge is 2.09. The molecule has 0 aliphatic rings. The summed E-state index contributed by atoms with van der Waals surface area (Å²) in [5, 5.41) is 13.1. The Morgan fingerprint density at radius 2 is 2.17 bits per heavy atom. The number of hydrogen-bond acceptors (Lipinski definition) is 7. The Hall–Kier alpha value is -1.90. The predicted octanol–water partition coefficient (Wildman–Crippen LogP) is -0.149. The van der Waals surface area contributed by atoms with Crippen LogP contribution in [0, 0.1) is 0 Å². The summed E-state index contributed by atoms with van der Waals surface area (Å²) in [6, 6.07) is 0. The SMILES string of the molecule is CNc1nc(NCCS(C)(=O)=O)c2cn[nH]c2n1. The topological polar surface area (TPSA) is 113 Å². The van der Waals surface area contributed by atoms with Gasteiger partial charge in [-0.25, -0.2) is 8.42 Å². The summed E-state index contributed by atoms with van der Waals surface area (Å²) in [6.07, 6.45) is 2.79. The highest BCUT2D eigenvalue weighted by atomic mass is 32.2. The molecule has 2 aromatic rings. The molecule has 0 aromatic carbocycles. The highest BCUT2D eigenvalue weighted by Crippen LogP contribution is 2.19. The molecule has 0 aliphatic carbocycles. The molecule has 3 N–H and O–H groups in total. The maximum absolute atomic E-state index is 11.1. The van der Waals surface area contributed by atoms with Gasteiger partial charge in [-0.2, -0.15) is 15.1 Å². The second-order valence-electron chi connectivity index (χ2n) is 3.83. The van der Waals surface area contributed by atoms with Gasteiger partial charge >= 0.3 is 0 Å². The lowest BCUT2D eigenvalue weighted by Crippen LogP contribution is -2.15. The van der Waals surface area contributed by atoms with E-state index in [1.165, 1.54) is 6.26 Å². The number of nitrogens with zero attached hydrogens (tertiary/aromatic N) is 3. The third-order valence-electron chi connectivity index (χ3n) is 2.30. The summed E-state index contributed by atoms with van der Waals surface area (Å²) >= 11 is 0. The smallest absolute Gasteiger partial charge is 0.226 e. The molecule has 0 radical (unpaired) electrons. The molecule has 98 valence electrons. The third-order valence-corrected chi connectivity index (χ3v) is 3.24. The fourth-order valence-electron chi connectivity index (χ4n) is 1.44. The molecule has 2 aromatic heterocycles. The van der Waals surface area contributed by atoms with Crippen molar-refractivity contribution in [3.63, 3.8) is 0 Å². The molecule has 0 bridgehead atoms. The molecule has 0 atom stereocenters. The van der Waals surface area contributed by atoms with Crippen molar-refractivity contribution in [1.29, 1.82) is 0 Å². The minimum atomic E-state index is -2.99. The summed E-state index contributed by atoms with van der Waals surface area (Å²) in [4.78, 5) is 8.40. The number of fused-ring (bicyclic) bond motifs is 1. The van der Waals surface area contributed by atoms with Gasteiger partial charge in [-0.15, -0.1) is 0 Å². The minimum Gasteiger partial charge on any atom is -0.368 e. The lowest BCUT2D eigenvalue weighted by atomic mass is 10.4. The second kappa shape index (κ2) is 4.77. The van der Waals surface area contributed by atoms with E-state index in [0.29, 0.717) is 24.0 Å². The Labute approximate surface area is 104 Å². The maximum atomic E-state index is 11.1. The molecule has 8 nitrogen and oxygen atoms in total. The number of H-pyrrole nitrogens is 1. The molecule has 2 rings (SSSR count). The molecular weight excluding hydrogens is 256 g/mol. The quantitative estimate of drug-likeness (QED) is 0.692. The Morgan fingerprint density at radius 1 is 1.39 bits per heavy atom. The van der Waals surface area contributed by atoms with E-state index < -0.39 is 9.84 Å². The normalized spacial score (nSPS) is 11.7. The average Bonchev–Trinajstić information content (AvgIpc) is 2.75. The standard InChI is InChI=1S/C9H14N6O2S/c1-10-9-13-7(11-3-4-18(2,16)17)6-5-12-15-8(6)14-9/h5H,3-4H2,1-2H3,(H3,10,11,12,13,14,15). The molecule has 0 unspecified atom stereocenters. The lowest BCUT2D eigenvalue weighted by molar-refractivity contribution is 0.602. The number of sulfone groups is 1. The van der Waals surface area contributed by atoms with E-state index >= 15 is 0 Å². The van der Waals surface area contributed by atoms with Crippen LogP contribution in [0.1, 0.15) is 0 Å². The Morgan fingerprint density at radius 3 is 2.83 bits per heavy atom. The van der Waals surface area contributed by atoms with Crippen molar-refractivity contribution < 1.29 is 8.42 Å². The molecule has 2 heterocycles. The van der Waals surface area contributed by atoms with Crippen molar-refractivity contribution >= 4 is 32.6 Å². The molecule has 0 spiro atoms. The fourth-order valence-corrected chi connectivity index (χ4v) is 1.91. The summed E-state index contributed by atoms with van der Waals surface area (Å²) in [7, 11) is -1.29. The van der Waals surface area contributed by atoms with Crippen molar-refractivity contribution in [2.75, 3.05) is 36.2 Å². The first-order chi connectivity index (χ1) is 8.49. The molecule has 0 amide bonds. The maximum Gasteiger partial charge on any atom is 0.226 e. The summed E-state index contributed by atoms with van der Waals surface area (Å²) in [5.41, 5.74) is 0.594. The lowest BCUT2D eigenvalue weighted by Gasteiger charge is -2.07. The Kier molecular flexibility index (Phi) is 3.32. The number of aromatic amines is 1. The molecule has 0 saturated carbocycles. The molecule has 0 aliphatic heterocycles. The first-order valence-corrected chi connectivity index (χ1v) is 7.36. The molecule has 0 fully saturated rings. The van der Waals surface area contributed by atoms with Gasteiger partial charge in [-0.05, 0) is 0 Å².